The quantitative estimate of drug-likeness (QED) is 0.556. The number of ether oxygens (including phenoxy) is 1. The van der Waals surface area contributed by atoms with Gasteiger partial charge in [-0.1, -0.05) is 0 Å². The minimum Gasteiger partial charge on any atom is -0.385 e. The van der Waals surface area contributed by atoms with Gasteiger partial charge in [0.15, 0.2) is 0 Å². The summed E-state index contributed by atoms with van der Waals surface area (Å²) in [6.07, 6.45) is 2.25. The molecule has 0 spiro atoms. The number of aryl methyl sites for hydroxylation is 1. The number of fused-ring (bicyclic) bond motifs is 2. The van der Waals surface area contributed by atoms with E-state index in [4.69, 9.17) is 4.74 Å². The molecule has 2 heterocycles. The molecular formula is C24H25N3O5. The van der Waals surface area contributed by atoms with E-state index in [0.29, 0.717) is 36.4 Å². The molecule has 166 valence electrons. The third-order valence-corrected chi connectivity index (χ3v) is 5.80. The maximum atomic E-state index is 12.8. The molecule has 2 aliphatic rings. The van der Waals surface area contributed by atoms with Crippen molar-refractivity contribution >= 4 is 35.0 Å². The Morgan fingerprint density at radius 2 is 1.84 bits per heavy atom. The highest BCUT2D eigenvalue weighted by Gasteiger charge is 2.35. The van der Waals surface area contributed by atoms with E-state index in [1.807, 2.05) is 12.1 Å². The highest BCUT2D eigenvalue weighted by atomic mass is 16.5. The molecule has 0 aliphatic carbocycles. The van der Waals surface area contributed by atoms with Crippen LogP contribution >= 0.6 is 0 Å². The minimum absolute atomic E-state index is 0.00338. The predicted octanol–water partition coefficient (Wildman–Crippen LogP) is 2.87. The first-order valence-corrected chi connectivity index (χ1v) is 10.6. The number of methoxy groups -OCH3 is 1. The highest BCUT2D eigenvalue weighted by molar-refractivity contribution is 6.22. The number of nitrogens with one attached hydrogen (secondary N) is 1. The second-order valence-electron chi connectivity index (χ2n) is 7.94. The maximum absolute atomic E-state index is 12.8. The standard InChI is InChI=1S/C24H25N3O5/c1-15(28)26-10-3-5-16-13-18(7-9-21(16)26)25-22(29)17-6-8-19-20(14-17)24(31)27(23(19)30)11-4-12-32-2/h6-9,13-14H,3-5,10-12H2,1-2H3,(H,25,29). The van der Waals surface area contributed by atoms with Crippen molar-refractivity contribution in [3.05, 3.63) is 58.7 Å². The summed E-state index contributed by atoms with van der Waals surface area (Å²) in [6, 6.07) is 10.0. The Morgan fingerprint density at radius 1 is 1.06 bits per heavy atom. The summed E-state index contributed by atoms with van der Waals surface area (Å²) in [5.41, 5.74) is 3.34. The van der Waals surface area contributed by atoms with Gasteiger partial charge in [-0.3, -0.25) is 24.1 Å². The summed E-state index contributed by atoms with van der Waals surface area (Å²) >= 11 is 0. The zero-order valence-corrected chi connectivity index (χ0v) is 18.1. The van der Waals surface area contributed by atoms with Gasteiger partial charge in [-0.2, -0.15) is 0 Å². The number of carbonyl (C=O) groups excluding carboxylic acids is 4. The third-order valence-electron chi connectivity index (χ3n) is 5.80. The molecule has 0 saturated carbocycles. The van der Waals surface area contributed by atoms with E-state index < -0.39 is 5.91 Å². The van der Waals surface area contributed by atoms with E-state index in [2.05, 4.69) is 5.32 Å². The number of rotatable bonds is 6. The molecule has 0 bridgehead atoms. The lowest BCUT2D eigenvalue weighted by Crippen LogP contribution is -2.33. The molecule has 0 fully saturated rings. The SMILES string of the molecule is COCCCN1C(=O)c2ccc(C(=O)Nc3ccc4c(c3)CCCN4C(C)=O)cc2C1=O. The van der Waals surface area contributed by atoms with Crippen molar-refractivity contribution in [3.63, 3.8) is 0 Å². The van der Waals surface area contributed by atoms with Crippen LogP contribution < -0.4 is 10.2 Å². The molecule has 2 aliphatic heterocycles. The number of nitrogens with zero attached hydrogens (tertiary/aromatic N) is 2. The monoisotopic (exact) mass is 435 g/mol. The molecule has 0 radical (unpaired) electrons. The number of amides is 4. The normalized spacial score (nSPS) is 14.9. The molecule has 0 saturated heterocycles. The van der Waals surface area contributed by atoms with Crippen LogP contribution in [0.1, 0.15) is 56.4 Å². The molecule has 2 aromatic carbocycles. The summed E-state index contributed by atoms with van der Waals surface area (Å²) in [5, 5.41) is 2.85. The minimum atomic E-state index is -0.395. The van der Waals surface area contributed by atoms with Gasteiger partial charge in [0.2, 0.25) is 5.91 Å². The van der Waals surface area contributed by atoms with Crippen molar-refractivity contribution in [1.29, 1.82) is 0 Å². The smallest absolute Gasteiger partial charge is 0.261 e. The van der Waals surface area contributed by atoms with Crippen molar-refractivity contribution in [2.24, 2.45) is 0 Å². The summed E-state index contributed by atoms with van der Waals surface area (Å²) in [7, 11) is 1.56. The highest BCUT2D eigenvalue weighted by Crippen LogP contribution is 2.30. The fraction of sp³-hybridized carbons (Fsp3) is 0.333. The number of hydrogen-bond donors (Lipinski definition) is 1. The lowest BCUT2D eigenvalue weighted by atomic mass is 10.0. The molecule has 1 N–H and O–H groups in total. The lowest BCUT2D eigenvalue weighted by Gasteiger charge is -2.29. The van der Waals surface area contributed by atoms with Gasteiger partial charge in [-0.25, -0.2) is 0 Å². The van der Waals surface area contributed by atoms with Gasteiger partial charge >= 0.3 is 0 Å². The number of anilines is 2. The van der Waals surface area contributed by atoms with Crippen molar-refractivity contribution in [1.82, 2.24) is 4.90 Å². The van der Waals surface area contributed by atoms with Crippen LogP contribution in [0.15, 0.2) is 36.4 Å². The van der Waals surface area contributed by atoms with Crippen LogP contribution in [0.3, 0.4) is 0 Å². The lowest BCUT2D eigenvalue weighted by molar-refractivity contribution is -0.116. The average molecular weight is 435 g/mol. The van der Waals surface area contributed by atoms with Gasteiger partial charge in [0.05, 0.1) is 11.1 Å². The van der Waals surface area contributed by atoms with Crippen molar-refractivity contribution in [3.8, 4) is 0 Å². The van der Waals surface area contributed by atoms with Gasteiger partial charge in [0.25, 0.3) is 17.7 Å². The van der Waals surface area contributed by atoms with Crippen LogP contribution in [0.4, 0.5) is 11.4 Å². The van der Waals surface area contributed by atoms with E-state index in [1.54, 1.807) is 31.1 Å². The third kappa shape index (κ3) is 4.01. The van der Waals surface area contributed by atoms with E-state index >= 15 is 0 Å². The predicted molar refractivity (Wildman–Crippen MR) is 119 cm³/mol. The van der Waals surface area contributed by atoms with Crippen molar-refractivity contribution in [2.45, 2.75) is 26.2 Å². The first kappa shape index (κ1) is 21.7. The van der Waals surface area contributed by atoms with Gasteiger partial charge in [-0.05, 0) is 61.2 Å². The number of hydrogen-bond acceptors (Lipinski definition) is 5. The Bertz CT molecular complexity index is 1110. The number of imide groups is 1. The van der Waals surface area contributed by atoms with Gasteiger partial charge in [-0.15, -0.1) is 0 Å². The molecule has 0 atom stereocenters. The molecular weight excluding hydrogens is 410 g/mol. The second-order valence-corrected chi connectivity index (χ2v) is 7.94. The molecule has 0 unspecified atom stereocenters. The van der Waals surface area contributed by atoms with Crippen molar-refractivity contribution < 1.29 is 23.9 Å². The molecule has 4 amide bonds. The maximum Gasteiger partial charge on any atom is 0.261 e. The molecule has 32 heavy (non-hydrogen) atoms. The molecule has 8 heteroatoms. The largest absolute Gasteiger partial charge is 0.385 e. The fourth-order valence-corrected chi connectivity index (χ4v) is 4.21. The Hall–Kier alpha value is -3.52. The van der Waals surface area contributed by atoms with Gasteiger partial charge < -0.3 is 15.0 Å². The second kappa shape index (κ2) is 8.92. The van der Waals surface area contributed by atoms with Crippen LogP contribution in [0.2, 0.25) is 0 Å². The first-order valence-electron chi connectivity index (χ1n) is 10.6. The average Bonchev–Trinajstić information content (AvgIpc) is 3.02. The van der Waals surface area contributed by atoms with Crippen LogP contribution in [0.5, 0.6) is 0 Å². The van der Waals surface area contributed by atoms with Crippen LogP contribution in [0, 0.1) is 0 Å². The topological polar surface area (TPSA) is 96.0 Å². The Balaban J connectivity index is 1.51. The van der Waals surface area contributed by atoms with E-state index in [9.17, 15) is 19.2 Å². The van der Waals surface area contributed by atoms with Crippen LogP contribution in [-0.4, -0.2) is 55.3 Å². The van der Waals surface area contributed by atoms with Gasteiger partial charge in [0.1, 0.15) is 0 Å². The Morgan fingerprint density at radius 3 is 2.59 bits per heavy atom. The number of benzene rings is 2. The molecule has 0 aromatic heterocycles. The zero-order valence-electron chi connectivity index (χ0n) is 18.1. The van der Waals surface area contributed by atoms with Gasteiger partial charge in [0, 0.05) is 50.7 Å². The first-order chi connectivity index (χ1) is 15.4. The fourth-order valence-electron chi connectivity index (χ4n) is 4.21. The molecule has 4 rings (SSSR count). The molecule has 2 aromatic rings. The summed E-state index contributed by atoms with van der Waals surface area (Å²) in [6.45, 7) is 2.96. The van der Waals surface area contributed by atoms with E-state index in [1.165, 1.54) is 17.0 Å². The van der Waals surface area contributed by atoms with Crippen molar-refractivity contribution in [2.75, 3.05) is 37.0 Å². The van der Waals surface area contributed by atoms with E-state index in [-0.39, 0.29) is 29.8 Å². The van der Waals surface area contributed by atoms with E-state index in [0.717, 1.165) is 24.1 Å². The Kier molecular flexibility index (Phi) is 6.05. The number of carbonyl (C=O) groups is 4. The van der Waals surface area contributed by atoms with Crippen LogP contribution in [0.25, 0.3) is 0 Å². The van der Waals surface area contributed by atoms with Crippen LogP contribution in [-0.2, 0) is 16.0 Å². The molecule has 8 nitrogen and oxygen atoms in total. The summed E-state index contributed by atoms with van der Waals surface area (Å²) in [5.74, 6) is -1.12. The zero-order chi connectivity index (χ0) is 22.8. The summed E-state index contributed by atoms with van der Waals surface area (Å²) < 4.78 is 4.99. The Labute approximate surface area is 186 Å². The summed E-state index contributed by atoms with van der Waals surface area (Å²) in [4.78, 5) is 52.8.